The Kier molecular flexibility index (Phi) is 5.12. The maximum absolute atomic E-state index is 13.1. The van der Waals surface area contributed by atoms with Gasteiger partial charge >= 0.3 is 0 Å². The second kappa shape index (κ2) is 7.23. The summed E-state index contributed by atoms with van der Waals surface area (Å²) in [5, 5.41) is 11.0. The number of amides is 1. The molecule has 0 saturated heterocycles. The molecule has 28 heavy (non-hydrogen) atoms. The van der Waals surface area contributed by atoms with Crippen molar-refractivity contribution in [2.45, 2.75) is 37.9 Å². The number of carbonyl (C=O) groups is 1. The molecule has 1 aliphatic heterocycles. The van der Waals surface area contributed by atoms with E-state index in [0.717, 1.165) is 11.8 Å². The minimum absolute atomic E-state index is 0.0271. The summed E-state index contributed by atoms with van der Waals surface area (Å²) < 4.78 is 29.5. The first-order chi connectivity index (χ1) is 13.1. The maximum atomic E-state index is 13.1. The largest absolute Gasteiger partial charge is 0.490 e. The molecule has 0 fully saturated rings. The normalized spacial score (nSPS) is 13.5. The van der Waals surface area contributed by atoms with E-state index in [-0.39, 0.29) is 41.2 Å². The second-order valence-corrected chi connectivity index (χ2v) is 8.98. The number of rotatable bonds is 5. The van der Waals surface area contributed by atoms with E-state index in [1.54, 1.807) is 6.07 Å². The van der Waals surface area contributed by atoms with Gasteiger partial charge in [0.15, 0.2) is 9.84 Å². The summed E-state index contributed by atoms with van der Waals surface area (Å²) in [4.78, 5) is 25.2. The molecule has 8 nitrogen and oxygen atoms in total. The Bertz CT molecular complexity index is 1060. The van der Waals surface area contributed by atoms with Gasteiger partial charge in [0, 0.05) is 31.5 Å². The first kappa shape index (κ1) is 19.8. The average molecular weight is 404 g/mol. The lowest BCUT2D eigenvalue weighted by Crippen LogP contribution is -2.26. The number of benzene rings is 2. The van der Waals surface area contributed by atoms with Crippen molar-refractivity contribution >= 4 is 21.4 Å². The number of non-ortho nitro benzene ring substituents is 1. The third-order valence-electron chi connectivity index (χ3n) is 4.38. The highest BCUT2D eigenvalue weighted by molar-refractivity contribution is 7.90. The predicted molar refractivity (Wildman–Crippen MR) is 102 cm³/mol. The number of nitrogens with zero attached hydrogens (tertiary/aromatic N) is 2. The number of sulfone groups is 1. The summed E-state index contributed by atoms with van der Waals surface area (Å²) in [6.45, 7) is 4.11. The summed E-state index contributed by atoms with van der Waals surface area (Å²) in [5.74, 6) is -0.0886. The SMILES string of the molecule is CC(C)Oc1ccc(S(C)(=O)=O)cc1C(=O)N1Cc2ccc([N+](=O)[O-])cc2C1. The highest BCUT2D eigenvalue weighted by Crippen LogP contribution is 2.31. The van der Waals surface area contributed by atoms with E-state index < -0.39 is 14.8 Å². The van der Waals surface area contributed by atoms with Crippen LogP contribution in [0, 0.1) is 10.1 Å². The Balaban J connectivity index is 1.96. The highest BCUT2D eigenvalue weighted by atomic mass is 32.2. The van der Waals surface area contributed by atoms with Crippen molar-refractivity contribution in [2.24, 2.45) is 0 Å². The van der Waals surface area contributed by atoms with E-state index in [9.17, 15) is 23.3 Å². The van der Waals surface area contributed by atoms with Crippen molar-refractivity contribution < 1.29 is 22.9 Å². The van der Waals surface area contributed by atoms with Crippen LogP contribution in [0.4, 0.5) is 5.69 Å². The molecular formula is C19H20N2O6S. The molecule has 0 aliphatic carbocycles. The first-order valence-electron chi connectivity index (χ1n) is 8.62. The van der Waals surface area contributed by atoms with Gasteiger partial charge in [-0.15, -0.1) is 0 Å². The smallest absolute Gasteiger partial charge is 0.269 e. The van der Waals surface area contributed by atoms with Crippen LogP contribution in [0.1, 0.15) is 35.3 Å². The summed E-state index contributed by atoms with van der Waals surface area (Å²) in [5.41, 5.74) is 1.65. The van der Waals surface area contributed by atoms with Crippen molar-refractivity contribution in [1.82, 2.24) is 4.90 Å². The number of hydrogen-bond donors (Lipinski definition) is 0. The number of carbonyl (C=O) groups excluding carboxylic acids is 1. The Hall–Kier alpha value is -2.94. The van der Waals surface area contributed by atoms with Gasteiger partial charge in [0.05, 0.1) is 21.5 Å². The molecule has 1 aliphatic rings. The van der Waals surface area contributed by atoms with Crippen LogP contribution in [0.3, 0.4) is 0 Å². The molecule has 0 aromatic heterocycles. The van der Waals surface area contributed by atoms with Crippen molar-refractivity contribution in [3.8, 4) is 5.75 Å². The number of hydrogen-bond acceptors (Lipinski definition) is 6. The third-order valence-corrected chi connectivity index (χ3v) is 5.49. The topological polar surface area (TPSA) is 107 Å². The molecule has 2 aromatic rings. The Morgan fingerprint density at radius 3 is 2.43 bits per heavy atom. The molecule has 0 saturated carbocycles. The number of fused-ring (bicyclic) bond motifs is 1. The lowest BCUT2D eigenvalue weighted by atomic mass is 10.1. The minimum Gasteiger partial charge on any atom is -0.490 e. The van der Waals surface area contributed by atoms with Gasteiger partial charge in [-0.2, -0.15) is 0 Å². The van der Waals surface area contributed by atoms with Gasteiger partial charge in [0.2, 0.25) is 0 Å². The zero-order valence-corrected chi connectivity index (χ0v) is 16.5. The molecule has 0 bridgehead atoms. The van der Waals surface area contributed by atoms with Gasteiger partial charge in [0.1, 0.15) is 5.75 Å². The first-order valence-corrected chi connectivity index (χ1v) is 10.5. The predicted octanol–water partition coefficient (Wildman–Crippen LogP) is 2.94. The van der Waals surface area contributed by atoms with Crippen LogP contribution in [0.2, 0.25) is 0 Å². The van der Waals surface area contributed by atoms with E-state index in [0.29, 0.717) is 11.3 Å². The molecule has 148 valence electrons. The van der Waals surface area contributed by atoms with Crippen LogP contribution < -0.4 is 4.74 Å². The molecule has 3 rings (SSSR count). The molecule has 2 aromatic carbocycles. The van der Waals surface area contributed by atoms with Crippen molar-refractivity contribution in [3.05, 3.63) is 63.2 Å². The van der Waals surface area contributed by atoms with Gasteiger partial charge < -0.3 is 9.64 Å². The minimum atomic E-state index is -3.50. The van der Waals surface area contributed by atoms with Crippen LogP contribution in [0.25, 0.3) is 0 Å². The van der Waals surface area contributed by atoms with Crippen LogP contribution in [0.5, 0.6) is 5.75 Å². The molecule has 1 amide bonds. The van der Waals surface area contributed by atoms with Gasteiger partial charge in [-0.3, -0.25) is 14.9 Å². The van der Waals surface area contributed by atoms with Crippen LogP contribution in [-0.4, -0.2) is 36.5 Å². The molecule has 0 atom stereocenters. The van der Waals surface area contributed by atoms with E-state index in [2.05, 4.69) is 0 Å². The quantitative estimate of drug-likeness (QED) is 0.560. The summed E-state index contributed by atoms with van der Waals surface area (Å²) in [7, 11) is -3.50. The van der Waals surface area contributed by atoms with Gasteiger partial charge in [-0.25, -0.2) is 8.42 Å². The Labute approximate surface area is 162 Å². The molecule has 0 unspecified atom stereocenters. The number of nitro groups is 1. The fourth-order valence-corrected chi connectivity index (χ4v) is 3.72. The van der Waals surface area contributed by atoms with Crippen LogP contribution in [-0.2, 0) is 22.9 Å². The molecule has 0 spiro atoms. The zero-order chi connectivity index (χ0) is 20.6. The lowest BCUT2D eigenvalue weighted by Gasteiger charge is -2.20. The molecule has 0 N–H and O–H groups in total. The van der Waals surface area contributed by atoms with Crippen molar-refractivity contribution in [1.29, 1.82) is 0 Å². The van der Waals surface area contributed by atoms with Gasteiger partial charge in [-0.1, -0.05) is 6.07 Å². The Morgan fingerprint density at radius 2 is 1.82 bits per heavy atom. The second-order valence-electron chi connectivity index (χ2n) is 6.97. The summed E-state index contributed by atoms with van der Waals surface area (Å²) in [6, 6.07) is 8.72. The zero-order valence-electron chi connectivity index (χ0n) is 15.7. The highest BCUT2D eigenvalue weighted by Gasteiger charge is 2.28. The molecule has 9 heteroatoms. The summed E-state index contributed by atoms with van der Waals surface area (Å²) in [6.07, 6.45) is 0.874. The molecular weight excluding hydrogens is 384 g/mol. The fourth-order valence-electron chi connectivity index (χ4n) is 3.07. The van der Waals surface area contributed by atoms with Crippen LogP contribution >= 0.6 is 0 Å². The lowest BCUT2D eigenvalue weighted by molar-refractivity contribution is -0.384. The van der Waals surface area contributed by atoms with Gasteiger partial charge in [0.25, 0.3) is 11.6 Å². The average Bonchev–Trinajstić information content (AvgIpc) is 3.03. The fraction of sp³-hybridized carbons (Fsp3) is 0.316. The Morgan fingerprint density at radius 1 is 1.14 bits per heavy atom. The molecule has 1 heterocycles. The standard InChI is InChI=1S/C19H20N2O6S/c1-12(2)27-18-7-6-16(28(3,25)26)9-17(18)19(22)20-10-13-4-5-15(21(23)24)8-14(13)11-20/h4-9,12H,10-11H2,1-3H3. The van der Waals surface area contributed by atoms with Crippen molar-refractivity contribution in [2.75, 3.05) is 6.26 Å². The maximum Gasteiger partial charge on any atom is 0.269 e. The van der Waals surface area contributed by atoms with Crippen LogP contribution in [0.15, 0.2) is 41.3 Å². The number of nitro benzene ring substituents is 1. The van der Waals surface area contributed by atoms with E-state index >= 15 is 0 Å². The molecule has 0 radical (unpaired) electrons. The van der Waals surface area contributed by atoms with E-state index in [1.807, 2.05) is 13.8 Å². The number of ether oxygens (including phenoxy) is 1. The monoisotopic (exact) mass is 404 g/mol. The van der Waals surface area contributed by atoms with E-state index in [1.165, 1.54) is 35.2 Å². The third kappa shape index (κ3) is 3.99. The summed E-state index contributed by atoms with van der Waals surface area (Å²) >= 11 is 0. The van der Waals surface area contributed by atoms with Crippen molar-refractivity contribution in [3.63, 3.8) is 0 Å². The van der Waals surface area contributed by atoms with E-state index in [4.69, 9.17) is 4.74 Å². The van der Waals surface area contributed by atoms with Gasteiger partial charge in [-0.05, 0) is 43.2 Å².